The van der Waals surface area contributed by atoms with Gasteiger partial charge in [0, 0.05) is 47.3 Å². The molecular weight excluding hydrogens is 349 g/mol. The Morgan fingerprint density at radius 3 is 2.89 bits per heavy atom. The van der Waals surface area contributed by atoms with Crippen molar-refractivity contribution in [2.45, 2.75) is 38.8 Å². The summed E-state index contributed by atoms with van der Waals surface area (Å²) >= 11 is 0. The van der Waals surface area contributed by atoms with Crippen molar-refractivity contribution in [2.75, 3.05) is 6.54 Å². The van der Waals surface area contributed by atoms with Gasteiger partial charge in [-0.15, -0.1) is 0 Å². The van der Waals surface area contributed by atoms with E-state index in [1.165, 1.54) is 46.6 Å². The van der Waals surface area contributed by atoms with Gasteiger partial charge in [-0.25, -0.2) is 4.39 Å². The average molecular weight is 375 g/mol. The lowest BCUT2D eigenvalue weighted by Crippen LogP contribution is -2.33. The number of piperidine rings is 1. The maximum absolute atomic E-state index is 13.6. The molecule has 3 heterocycles. The van der Waals surface area contributed by atoms with Gasteiger partial charge in [0.1, 0.15) is 5.82 Å². The van der Waals surface area contributed by atoms with E-state index in [1.807, 2.05) is 6.07 Å². The summed E-state index contributed by atoms with van der Waals surface area (Å²) in [5.41, 5.74) is 6.19. The molecule has 1 aliphatic heterocycles. The Morgan fingerprint density at radius 2 is 2.00 bits per heavy atom. The van der Waals surface area contributed by atoms with Gasteiger partial charge in [0.25, 0.3) is 0 Å². The molecule has 0 bridgehead atoms. The number of hydrogen-bond donors (Lipinski definition) is 1. The largest absolute Gasteiger partial charge is 0.357 e. The van der Waals surface area contributed by atoms with Gasteiger partial charge in [0.15, 0.2) is 0 Å². The number of H-pyrrole nitrogens is 1. The van der Waals surface area contributed by atoms with Crippen molar-refractivity contribution < 1.29 is 4.39 Å². The SMILES string of the molecule is Cc1ccc2c(CN3CCCCC3c3cc4cc(F)ccc4[nH]3)cn(C)c2c1. The van der Waals surface area contributed by atoms with E-state index < -0.39 is 0 Å². The second-order valence-corrected chi connectivity index (χ2v) is 8.22. The molecule has 1 atom stereocenters. The molecule has 4 aromatic rings. The summed E-state index contributed by atoms with van der Waals surface area (Å²) in [6.45, 7) is 4.18. The van der Waals surface area contributed by atoms with Crippen LogP contribution in [0, 0.1) is 12.7 Å². The third-order valence-corrected chi connectivity index (χ3v) is 6.18. The minimum absolute atomic E-state index is 0.176. The van der Waals surface area contributed by atoms with Crippen molar-refractivity contribution in [3.05, 3.63) is 71.3 Å². The lowest BCUT2D eigenvalue weighted by Gasteiger charge is -2.35. The van der Waals surface area contributed by atoms with Gasteiger partial charge < -0.3 is 9.55 Å². The monoisotopic (exact) mass is 375 g/mol. The number of nitrogens with zero attached hydrogens (tertiary/aromatic N) is 2. The number of fused-ring (bicyclic) bond motifs is 2. The number of hydrogen-bond acceptors (Lipinski definition) is 1. The molecule has 0 spiro atoms. The highest BCUT2D eigenvalue weighted by molar-refractivity contribution is 5.84. The minimum atomic E-state index is -0.176. The summed E-state index contributed by atoms with van der Waals surface area (Å²) in [5.74, 6) is -0.176. The van der Waals surface area contributed by atoms with Crippen LogP contribution in [0.15, 0.2) is 48.7 Å². The van der Waals surface area contributed by atoms with Gasteiger partial charge in [-0.05, 0) is 67.8 Å². The lowest BCUT2D eigenvalue weighted by molar-refractivity contribution is 0.138. The molecule has 1 N–H and O–H groups in total. The molecule has 0 aliphatic carbocycles. The molecule has 4 heteroatoms. The first-order chi connectivity index (χ1) is 13.6. The average Bonchev–Trinajstić information content (AvgIpc) is 3.23. The van der Waals surface area contributed by atoms with Gasteiger partial charge in [0.2, 0.25) is 0 Å². The number of aryl methyl sites for hydroxylation is 2. The molecule has 1 unspecified atom stereocenters. The van der Waals surface area contributed by atoms with E-state index in [-0.39, 0.29) is 5.82 Å². The highest BCUT2D eigenvalue weighted by atomic mass is 19.1. The van der Waals surface area contributed by atoms with Crippen LogP contribution in [0.1, 0.15) is 42.1 Å². The quantitative estimate of drug-likeness (QED) is 0.478. The molecule has 5 rings (SSSR count). The van der Waals surface area contributed by atoms with Crippen molar-refractivity contribution in [1.29, 1.82) is 0 Å². The van der Waals surface area contributed by atoms with E-state index in [0.29, 0.717) is 6.04 Å². The van der Waals surface area contributed by atoms with Crippen molar-refractivity contribution in [2.24, 2.45) is 7.05 Å². The Bertz CT molecular complexity index is 1150. The third-order valence-electron chi connectivity index (χ3n) is 6.18. The Hall–Kier alpha value is -2.59. The highest BCUT2D eigenvalue weighted by Gasteiger charge is 2.26. The predicted octanol–water partition coefficient (Wildman–Crippen LogP) is 5.83. The van der Waals surface area contributed by atoms with Gasteiger partial charge in [-0.2, -0.15) is 0 Å². The van der Waals surface area contributed by atoms with Crippen LogP contribution in [-0.2, 0) is 13.6 Å². The molecule has 2 aromatic heterocycles. The second kappa shape index (κ2) is 6.78. The van der Waals surface area contributed by atoms with Crippen LogP contribution in [-0.4, -0.2) is 21.0 Å². The van der Waals surface area contributed by atoms with Crippen LogP contribution in [0.4, 0.5) is 4.39 Å². The van der Waals surface area contributed by atoms with Crippen molar-refractivity contribution in [1.82, 2.24) is 14.5 Å². The zero-order valence-electron chi connectivity index (χ0n) is 16.5. The number of aromatic nitrogens is 2. The third kappa shape index (κ3) is 3.02. The Kier molecular flexibility index (Phi) is 4.24. The summed E-state index contributed by atoms with van der Waals surface area (Å²) in [4.78, 5) is 6.13. The zero-order valence-corrected chi connectivity index (χ0v) is 16.5. The van der Waals surface area contributed by atoms with Crippen molar-refractivity contribution in [3.63, 3.8) is 0 Å². The Balaban J connectivity index is 1.49. The predicted molar refractivity (Wildman–Crippen MR) is 113 cm³/mol. The first kappa shape index (κ1) is 17.5. The Morgan fingerprint density at radius 1 is 1.11 bits per heavy atom. The van der Waals surface area contributed by atoms with Gasteiger partial charge in [-0.3, -0.25) is 4.90 Å². The first-order valence-corrected chi connectivity index (χ1v) is 10.2. The number of halogens is 1. The minimum Gasteiger partial charge on any atom is -0.357 e. The molecule has 28 heavy (non-hydrogen) atoms. The fraction of sp³-hybridized carbons (Fsp3) is 0.333. The molecule has 2 aromatic carbocycles. The molecule has 0 amide bonds. The van der Waals surface area contributed by atoms with E-state index in [2.05, 4.69) is 58.9 Å². The van der Waals surface area contributed by atoms with E-state index in [1.54, 1.807) is 6.07 Å². The topological polar surface area (TPSA) is 24.0 Å². The van der Waals surface area contributed by atoms with Crippen LogP contribution in [0.3, 0.4) is 0 Å². The molecule has 0 saturated carbocycles. The summed E-state index contributed by atoms with van der Waals surface area (Å²) < 4.78 is 15.8. The normalized spacial score (nSPS) is 18.3. The molecule has 1 aliphatic rings. The number of aromatic amines is 1. The van der Waals surface area contributed by atoms with Crippen LogP contribution in [0.2, 0.25) is 0 Å². The molecular formula is C24H26FN3. The molecule has 1 fully saturated rings. The Labute approximate surface area is 164 Å². The molecule has 144 valence electrons. The highest BCUT2D eigenvalue weighted by Crippen LogP contribution is 2.35. The summed E-state index contributed by atoms with van der Waals surface area (Å²) in [6.07, 6.45) is 5.88. The smallest absolute Gasteiger partial charge is 0.123 e. The summed E-state index contributed by atoms with van der Waals surface area (Å²) in [5, 5.41) is 2.30. The lowest BCUT2D eigenvalue weighted by atomic mass is 9.98. The number of likely N-dealkylation sites (tertiary alicyclic amines) is 1. The van der Waals surface area contributed by atoms with E-state index in [9.17, 15) is 4.39 Å². The van der Waals surface area contributed by atoms with Gasteiger partial charge >= 0.3 is 0 Å². The van der Waals surface area contributed by atoms with Crippen molar-refractivity contribution >= 4 is 21.8 Å². The fourth-order valence-electron chi connectivity index (χ4n) is 4.76. The van der Waals surface area contributed by atoms with Crippen LogP contribution >= 0.6 is 0 Å². The fourth-order valence-corrected chi connectivity index (χ4v) is 4.76. The van der Waals surface area contributed by atoms with Crippen LogP contribution in [0.5, 0.6) is 0 Å². The summed E-state index contributed by atoms with van der Waals surface area (Å²) in [6, 6.07) is 14.2. The zero-order chi connectivity index (χ0) is 19.3. The van der Waals surface area contributed by atoms with Crippen molar-refractivity contribution in [3.8, 4) is 0 Å². The van der Waals surface area contributed by atoms with E-state index in [4.69, 9.17) is 0 Å². The second-order valence-electron chi connectivity index (χ2n) is 8.22. The summed E-state index contributed by atoms with van der Waals surface area (Å²) in [7, 11) is 2.13. The number of benzene rings is 2. The standard InChI is InChI=1S/C24H26FN3/c1-16-6-8-20-18(14-27(2)24(20)11-16)15-28-10-4-3-5-23(28)22-13-17-12-19(25)7-9-21(17)26-22/h6-9,11-14,23,26H,3-5,10,15H2,1-2H3. The van der Waals surface area contributed by atoms with Gasteiger partial charge in [0.05, 0.1) is 6.04 Å². The maximum atomic E-state index is 13.6. The first-order valence-electron chi connectivity index (χ1n) is 10.2. The van der Waals surface area contributed by atoms with E-state index in [0.717, 1.165) is 30.4 Å². The van der Waals surface area contributed by atoms with Gasteiger partial charge in [-0.1, -0.05) is 18.6 Å². The van der Waals surface area contributed by atoms with E-state index >= 15 is 0 Å². The van der Waals surface area contributed by atoms with Crippen LogP contribution < -0.4 is 0 Å². The molecule has 3 nitrogen and oxygen atoms in total. The molecule has 1 saturated heterocycles. The number of rotatable bonds is 3. The maximum Gasteiger partial charge on any atom is 0.123 e. The molecule has 0 radical (unpaired) electrons. The number of nitrogens with one attached hydrogen (secondary N) is 1. The van der Waals surface area contributed by atoms with Crippen LogP contribution in [0.25, 0.3) is 21.8 Å².